The van der Waals surface area contributed by atoms with Gasteiger partial charge < -0.3 is 19.6 Å². The maximum atomic E-state index is 13.7. The third kappa shape index (κ3) is 7.84. The lowest BCUT2D eigenvalue weighted by Gasteiger charge is -2.20. The highest BCUT2D eigenvalue weighted by Crippen LogP contribution is 2.26. The number of carboxylic acid groups (broad SMARTS) is 1. The number of carboxylic acids is 1. The molecule has 2 N–H and O–H groups in total. The van der Waals surface area contributed by atoms with Crippen LogP contribution in [0.15, 0.2) is 101 Å². The van der Waals surface area contributed by atoms with E-state index in [-0.39, 0.29) is 18.6 Å². The molecule has 0 unspecified atom stereocenters. The number of rotatable bonds is 12. The number of oxazole rings is 1. The van der Waals surface area contributed by atoms with Crippen molar-refractivity contribution in [3.8, 4) is 17.2 Å². The predicted octanol–water partition coefficient (Wildman–Crippen LogP) is 6.40. The van der Waals surface area contributed by atoms with E-state index >= 15 is 0 Å². The number of aryl methyl sites for hydroxylation is 1. The molecule has 41 heavy (non-hydrogen) atoms. The van der Waals surface area contributed by atoms with Crippen LogP contribution in [-0.4, -0.2) is 34.1 Å². The van der Waals surface area contributed by atoms with Gasteiger partial charge in [-0.15, -0.1) is 0 Å². The Morgan fingerprint density at radius 3 is 2.22 bits per heavy atom. The molecule has 3 aromatic carbocycles. The van der Waals surface area contributed by atoms with Gasteiger partial charge in [0.2, 0.25) is 5.89 Å². The number of halogens is 3. The number of aromatic nitrogens is 1. The van der Waals surface area contributed by atoms with Crippen LogP contribution in [0.5, 0.6) is 5.75 Å². The summed E-state index contributed by atoms with van der Waals surface area (Å²) in [7, 11) is 0. The number of carbonyl (C=O) groups excluding carboxylic acids is 1. The normalized spacial score (nSPS) is 12.5. The first-order chi connectivity index (χ1) is 19.6. The van der Waals surface area contributed by atoms with Crippen molar-refractivity contribution in [1.29, 1.82) is 0 Å². The Bertz CT molecular complexity index is 1500. The average molecular weight is 565 g/mol. The molecule has 212 valence electrons. The number of ether oxygens (including phenoxy) is 1. The summed E-state index contributed by atoms with van der Waals surface area (Å²) in [5, 5.41) is 11.6. The number of allylic oxidation sites excluding steroid dienone is 2. The van der Waals surface area contributed by atoms with E-state index in [2.05, 4.69) is 4.98 Å². The molecule has 1 aromatic heterocycles. The standard InChI is InChI=1S/C31H27F3N2O5/c1-2-27-25(36-29(41-27)22-11-7-4-8-12-22)19-40-23-15-13-20(14-16-23)17-24(30(38)39)35-28(31(32,33)34)18-26(37)21-9-5-3-6-10-21/h3-16,18,24,35H,2,17,19H2,1H3,(H,38,39)/b28-18-/t24-/m0/s1. The quantitative estimate of drug-likeness (QED) is 0.152. The SMILES string of the molecule is CCc1oc(-c2ccccc2)nc1COc1ccc(C[C@H](N/C(=C\C(=O)c2ccccc2)C(F)(F)F)C(=O)O)cc1. The summed E-state index contributed by atoms with van der Waals surface area (Å²) in [5.41, 5.74) is 0.545. The minimum Gasteiger partial charge on any atom is -0.487 e. The maximum absolute atomic E-state index is 13.7. The number of benzene rings is 3. The molecule has 1 heterocycles. The van der Waals surface area contributed by atoms with Crippen molar-refractivity contribution in [1.82, 2.24) is 10.3 Å². The molecule has 4 rings (SSSR count). The lowest BCUT2D eigenvalue weighted by Crippen LogP contribution is -2.42. The van der Waals surface area contributed by atoms with Crippen LogP contribution >= 0.6 is 0 Å². The number of hydrogen-bond acceptors (Lipinski definition) is 6. The van der Waals surface area contributed by atoms with E-state index in [4.69, 9.17) is 9.15 Å². The van der Waals surface area contributed by atoms with Crippen LogP contribution in [0.4, 0.5) is 13.2 Å². The Kier molecular flexibility index (Phi) is 9.23. The molecule has 1 atom stereocenters. The lowest BCUT2D eigenvalue weighted by atomic mass is 10.0. The smallest absolute Gasteiger partial charge is 0.431 e. The average Bonchev–Trinajstić information content (AvgIpc) is 3.39. The summed E-state index contributed by atoms with van der Waals surface area (Å²) >= 11 is 0. The Balaban J connectivity index is 1.43. The molecule has 10 heteroatoms. The molecule has 0 saturated carbocycles. The van der Waals surface area contributed by atoms with Gasteiger partial charge in [0, 0.05) is 30.0 Å². The molecule has 0 saturated heterocycles. The number of nitrogens with one attached hydrogen (secondary N) is 1. The van der Waals surface area contributed by atoms with E-state index in [1.54, 1.807) is 30.3 Å². The van der Waals surface area contributed by atoms with Crippen molar-refractivity contribution in [2.24, 2.45) is 0 Å². The highest BCUT2D eigenvalue weighted by molar-refractivity contribution is 6.05. The molecule has 0 aliphatic heterocycles. The second-order valence-corrected chi connectivity index (χ2v) is 9.07. The number of nitrogens with zero attached hydrogens (tertiary/aromatic N) is 1. The molecule has 0 aliphatic carbocycles. The van der Waals surface area contributed by atoms with Gasteiger partial charge in [-0.2, -0.15) is 13.2 Å². The summed E-state index contributed by atoms with van der Waals surface area (Å²) in [5.74, 6) is -0.758. The van der Waals surface area contributed by atoms with Crippen molar-refractivity contribution >= 4 is 11.8 Å². The molecule has 0 radical (unpaired) electrons. The van der Waals surface area contributed by atoms with Crippen LogP contribution in [0.3, 0.4) is 0 Å². The summed E-state index contributed by atoms with van der Waals surface area (Å²) in [6, 6.07) is 21.5. The molecule has 0 bridgehead atoms. The first kappa shape index (κ1) is 29.1. The monoisotopic (exact) mass is 564 g/mol. The minimum atomic E-state index is -4.96. The van der Waals surface area contributed by atoms with Gasteiger partial charge in [0.15, 0.2) is 5.78 Å². The van der Waals surface area contributed by atoms with E-state index in [9.17, 15) is 27.9 Å². The Labute approximate surface area is 234 Å². The van der Waals surface area contributed by atoms with E-state index in [0.717, 1.165) is 5.56 Å². The summed E-state index contributed by atoms with van der Waals surface area (Å²) in [6.45, 7) is 2.07. The van der Waals surface area contributed by atoms with Gasteiger partial charge in [-0.25, -0.2) is 9.78 Å². The second-order valence-electron chi connectivity index (χ2n) is 9.07. The fourth-order valence-electron chi connectivity index (χ4n) is 4.00. The Hall–Kier alpha value is -4.86. The first-order valence-electron chi connectivity index (χ1n) is 12.8. The van der Waals surface area contributed by atoms with Crippen molar-refractivity contribution in [2.75, 3.05) is 0 Å². The lowest BCUT2D eigenvalue weighted by molar-refractivity contribution is -0.140. The van der Waals surface area contributed by atoms with Gasteiger partial charge >= 0.3 is 12.1 Å². The van der Waals surface area contributed by atoms with Crippen LogP contribution in [0, 0.1) is 0 Å². The second kappa shape index (κ2) is 13.0. The summed E-state index contributed by atoms with van der Waals surface area (Å²) in [6.07, 6.45) is -4.24. The number of hydrogen-bond donors (Lipinski definition) is 2. The number of alkyl halides is 3. The molecule has 4 aromatic rings. The Morgan fingerprint density at radius 2 is 1.63 bits per heavy atom. The van der Waals surface area contributed by atoms with Crippen LogP contribution in [0.25, 0.3) is 11.5 Å². The van der Waals surface area contributed by atoms with Crippen LogP contribution in [0.1, 0.15) is 34.3 Å². The van der Waals surface area contributed by atoms with Gasteiger partial charge in [-0.05, 0) is 29.8 Å². The fraction of sp³-hybridized carbons (Fsp3) is 0.194. The van der Waals surface area contributed by atoms with Crippen molar-refractivity contribution in [3.05, 3.63) is 119 Å². The van der Waals surface area contributed by atoms with Crippen LogP contribution < -0.4 is 10.1 Å². The van der Waals surface area contributed by atoms with Gasteiger partial charge in [0.05, 0.1) is 0 Å². The van der Waals surface area contributed by atoms with E-state index in [0.29, 0.717) is 41.2 Å². The zero-order chi connectivity index (χ0) is 29.4. The predicted molar refractivity (Wildman–Crippen MR) is 145 cm³/mol. The highest BCUT2D eigenvalue weighted by atomic mass is 19.4. The third-order valence-electron chi connectivity index (χ3n) is 6.13. The summed E-state index contributed by atoms with van der Waals surface area (Å²) in [4.78, 5) is 28.7. The topological polar surface area (TPSA) is 102 Å². The third-order valence-corrected chi connectivity index (χ3v) is 6.13. The largest absolute Gasteiger partial charge is 0.487 e. The molecule has 0 spiro atoms. The van der Waals surface area contributed by atoms with Crippen molar-refractivity contribution in [2.45, 2.75) is 38.6 Å². The molecular formula is C31H27F3N2O5. The fourth-order valence-corrected chi connectivity index (χ4v) is 4.00. The first-order valence-corrected chi connectivity index (χ1v) is 12.8. The van der Waals surface area contributed by atoms with E-state index in [1.807, 2.05) is 42.6 Å². The molecule has 0 aliphatic rings. The Morgan fingerprint density at radius 1 is 1.00 bits per heavy atom. The van der Waals surface area contributed by atoms with Crippen molar-refractivity contribution < 1.29 is 37.0 Å². The zero-order valence-electron chi connectivity index (χ0n) is 22.0. The highest BCUT2D eigenvalue weighted by Gasteiger charge is 2.37. The number of carbonyl (C=O) groups is 2. The molecule has 0 fully saturated rings. The zero-order valence-corrected chi connectivity index (χ0v) is 22.0. The minimum absolute atomic E-state index is 0.0477. The number of ketones is 1. The number of aliphatic carboxylic acids is 1. The van der Waals surface area contributed by atoms with Crippen LogP contribution in [0.2, 0.25) is 0 Å². The van der Waals surface area contributed by atoms with Gasteiger partial charge in [-0.1, -0.05) is 67.6 Å². The van der Waals surface area contributed by atoms with Crippen molar-refractivity contribution in [3.63, 3.8) is 0 Å². The molecular weight excluding hydrogens is 537 g/mol. The van der Waals surface area contributed by atoms with Gasteiger partial charge in [-0.3, -0.25) is 4.79 Å². The maximum Gasteiger partial charge on any atom is 0.431 e. The van der Waals surface area contributed by atoms with Gasteiger partial charge in [0.25, 0.3) is 0 Å². The van der Waals surface area contributed by atoms with E-state index < -0.39 is 29.7 Å². The van der Waals surface area contributed by atoms with E-state index in [1.165, 1.54) is 24.3 Å². The van der Waals surface area contributed by atoms with Crippen LogP contribution in [-0.2, 0) is 24.2 Å². The van der Waals surface area contributed by atoms with Gasteiger partial charge in [0.1, 0.15) is 35.5 Å². The molecule has 0 amide bonds. The summed E-state index contributed by atoms with van der Waals surface area (Å²) < 4.78 is 52.8. The molecule has 7 nitrogen and oxygen atoms in total.